The summed E-state index contributed by atoms with van der Waals surface area (Å²) in [6.45, 7) is 3.29. The predicted molar refractivity (Wildman–Crippen MR) is 78.5 cm³/mol. The summed E-state index contributed by atoms with van der Waals surface area (Å²) in [5.41, 5.74) is 0.732. The molecule has 3 rings (SSSR count). The molecule has 21 heavy (non-hydrogen) atoms. The number of nitrogens with zero attached hydrogens (tertiary/aromatic N) is 1. The van der Waals surface area contributed by atoms with Gasteiger partial charge in [-0.1, -0.05) is 6.07 Å². The van der Waals surface area contributed by atoms with Crippen LogP contribution in [0.1, 0.15) is 24.3 Å². The first-order chi connectivity index (χ1) is 9.66. The van der Waals surface area contributed by atoms with Crippen molar-refractivity contribution in [3.05, 3.63) is 35.4 Å². The van der Waals surface area contributed by atoms with Crippen LogP contribution in [-0.4, -0.2) is 37.0 Å². The van der Waals surface area contributed by atoms with Crippen molar-refractivity contribution in [3.8, 4) is 0 Å². The molecule has 3 nitrogen and oxygen atoms in total. The molecule has 1 aliphatic heterocycles. The molecule has 6 heteroatoms. The van der Waals surface area contributed by atoms with Crippen LogP contribution in [0.15, 0.2) is 18.2 Å². The van der Waals surface area contributed by atoms with E-state index in [-0.39, 0.29) is 30.2 Å². The van der Waals surface area contributed by atoms with Crippen LogP contribution in [0.2, 0.25) is 0 Å². The maximum absolute atomic E-state index is 13.2. The van der Waals surface area contributed by atoms with Crippen molar-refractivity contribution >= 4 is 18.3 Å². The van der Waals surface area contributed by atoms with Gasteiger partial charge in [-0.05, 0) is 43.0 Å². The van der Waals surface area contributed by atoms with E-state index in [1.807, 2.05) is 4.90 Å². The number of rotatable bonds is 2. The highest BCUT2D eigenvalue weighted by molar-refractivity contribution is 5.85. The zero-order valence-corrected chi connectivity index (χ0v) is 12.5. The van der Waals surface area contributed by atoms with Gasteiger partial charge in [0.2, 0.25) is 5.91 Å². The normalized spacial score (nSPS) is 25.0. The second-order valence-corrected chi connectivity index (χ2v) is 5.55. The van der Waals surface area contributed by atoms with E-state index in [1.165, 1.54) is 6.07 Å². The summed E-state index contributed by atoms with van der Waals surface area (Å²) >= 11 is 0. The molecule has 2 aliphatic rings. The third-order valence-corrected chi connectivity index (χ3v) is 4.13. The highest BCUT2D eigenvalue weighted by Crippen LogP contribution is 2.48. The molecule has 1 aromatic carbocycles. The first kappa shape index (κ1) is 16.2. The quantitative estimate of drug-likeness (QED) is 0.908. The van der Waals surface area contributed by atoms with Gasteiger partial charge in [0, 0.05) is 25.6 Å². The van der Waals surface area contributed by atoms with E-state index in [0.717, 1.165) is 50.7 Å². The monoisotopic (exact) mass is 316 g/mol. The smallest absolute Gasteiger partial charge is 0.226 e. The number of carbonyl (C=O) groups is 1. The van der Waals surface area contributed by atoms with Gasteiger partial charge in [-0.3, -0.25) is 4.79 Å². The van der Waals surface area contributed by atoms with Gasteiger partial charge in [-0.2, -0.15) is 0 Å². The average Bonchev–Trinajstić information content (AvgIpc) is 3.24. The van der Waals surface area contributed by atoms with Gasteiger partial charge in [-0.15, -0.1) is 12.4 Å². The number of hydrogen-bond donors (Lipinski definition) is 1. The molecule has 1 aromatic rings. The van der Waals surface area contributed by atoms with Gasteiger partial charge in [0.05, 0.1) is 0 Å². The highest BCUT2D eigenvalue weighted by atomic mass is 35.5. The molecule has 1 amide bonds. The Balaban J connectivity index is 0.00000161. The number of benzene rings is 1. The van der Waals surface area contributed by atoms with E-state index < -0.39 is 11.6 Å². The SMILES string of the molecule is Cl.O=C(C1CC1c1ccc(F)c(F)c1)N1CCCNCC1. The Morgan fingerprint density at radius 2 is 2.00 bits per heavy atom. The molecular formula is C15H19ClF2N2O. The van der Waals surface area contributed by atoms with Gasteiger partial charge >= 0.3 is 0 Å². The molecule has 2 unspecified atom stereocenters. The van der Waals surface area contributed by atoms with E-state index >= 15 is 0 Å². The average molecular weight is 317 g/mol. The number of amides is 1. The fourth-order valence-electron chi connectivity index (χ4n) is 2.88. The maximum atomic E-state index is 13.2. The van der Waals surface area contributed by atoms with Gasteiger partial charge in [0.1, 0.15) is 0 Å². The lowest BCUT2D eigenvalue weighted by Crippen LogP contribution is -2.35. The van der Waals surface area contributed by atoms with Crippen molar-refractivity contribution in [1.29, 1.82) is 0 Å². The molecule has 2 atom stereocenters. The van der Waals surface area contributed by atoms with Crippen LogP contribution in [0.5, 0.6) is 0 Å². The minimum atomic E-state index is -0.837. The Labute approximate surface area is 129 Å². The van der Waals surface area contributed by atoms with Crippen LogP contribution in [0.25, 0.3) is 0 Å². The Hall–Kier alpha value is -1.20. The molecule has 116 valence electrons. The molecule has 0 aromatic heterocycles. The second kappa shape index (κ2) is 6.71. The molecular weight excluding hydrogens is 298 g/mol. The van der Waals surface area contributed by atoms with Gasteiger partial charge in [-0.25, -0.2) is 8.78 Å². The number of carbonyl (C=O) groups excluding carboxylic acids is 1. The first-order valence-corrected chi connectivity index (χ1v) is 7.11. The Kier molecular flexibility index (Phi) is 5.17. The van der Waals surface area contributed by atoms with Gasteiger partial charge in [0.25, 0.3) is 0 Å². The van der Waals surface area contributed by atoms with Crippen molar-refractivity contribution in [3.63, 3.8) is 0 Å². The second-order valence-electron chi connectivity index (χ2n) is 5.55. The molecule has 1 aliphatic carbocycles. The number of halogens is 3. The lowest BCUT2D eigenvalue weighted by atomic mass is 10.1. The van der Waals surface area contributed by atoms with Gasteiger partial charge < -0.3 is 10.2 Å². The maximum Gasteiger partial charge on any atom is 0.226 e. The lowest BCUT2D eigenvalue weighted by Gasteiger charge is -2.20. The molecule has 1 heterocycles. The van der Waals surface area contributed by atoms with E-state index in [2.05, 4.69) is 5.32 Å². The summed E-state index contributed by atoms with van der Waals surface area (Å²) in [7, 11) is 0. The third kappa shape index (κ3) is 3.52. The molecule has 1 N–H and O–H groups in total. The van der Waals surface area contributed by atoms with Gasteiger partial charge in [0.15, 0.2) is 11.6 Å². The summed E-state index contributed by atoms with van der Waals surface area (Å²) in [4.78, 5) is 14.3. The Morgan fingerprint density at radius 1 is 1.19 bits per heavy atom. The Morgan fingerprint density at radius 3 is 2.76 bits per heavy atom. The fourth-order valence-corrected chi connectivity index (χ4v) is 2.88. The summed E-state index contributed by atoms with van der Waals surface area (Å²) in [6.07, 6.45) is 1.71. The Bertz CT molecular complexity index is 518. The van der Waals surface area contributed by atoms with Crippen LogP contribution in [-0.2, 0) is 4.79 Å². The van der Waals surface area contributed by atoms with Crippen LogP contribution < -0.4 is 5.32 Å². The standard InChI is InChI=1S/C15H18F2N2O.ClH/c16-13-3-2-10(8-14(13)17)11-9-12(11)15(20)19-6-1-4-18-5-7-19;/h2-3,8,11-12,18H,1,4-7,9H2;1H. The molecule has 2 fully saturated rings. The summed E-state index contributed by atoms with van der Waals surface area (Å²) < 4.78 is 26.1. The number of nitrogens with one attached hydrogen (secondary N) is 1. The van der Waals surface area contributed by atoms with E-state index in [9.17, 15) is 13.6 Å². The summed E-state index contributed by atoms with van der Waals surface area (Å²) in [5, 5.41) is 3.26. The van der Waals surface area contributed by atoms with Crippen LogP contribution in [0, 0.1) is 17.6 Å². The number of hydrogen-bond acceptors (Lipinski definition) is 2. The van der Waals surface area contributed by atoms with Crippen molar-refractivity contribution in [2.24, 2.45) is 5.92 Å². The van der Waals surface area contributed by atoms with Crippen molar-refractivity contribution in [1.82, 2.24) is 10.2 Å². The van der Waals surface area contributed by atoms with E-state index in [0.29, 0.717) is 0 Å². The summed E-state index contributed by atoms with van der Waals surface area (Å²) in [5.74, 6) is -1.52. The molecule has 0 bridgehead atoms. The highest BCUT2D eigenvalue weighted by Gasteiger charge is 2.45. The molecule has 1 saturated carbocycles. The van der Waals surface area contributed by atoms with E-state index in [4.69, 9.17) is 0 Å². The molecule has 0 radical (unpaired) electrons. The minimum Gasteiger partial charge on any atom is -0.341 e. The summed E-state index contributed by atoms with van der Waals surface area (Å²) in [6, 6.07) is 3.94. The predicted octanol–water partition coefficient (Wildman–Crippen LogP) is 2.31. The molecule has 1 saturated heterocycles. The van der Waals surface area contributed by atoms with Crippen molar-refractivity contribution in [2.75, 3.05) is 26.2 Å². The van der Waals surface area contributed by atoms with Crippen LogP contribution >= 0.6 is 12.4 Å². The third-order valence-electron chi connectivity index (χ3n) is 4.13. The lowest BCUT2D eigenvalue weighted by molar-refractivity contribution is -0.132. The van der Waals surface area contributed by atoms with Crippen LogP contribution in [0.3, 0.4) is 0 Å². The largest absolute Gasteiger partial charge is 0.341 e. The van der Waals surface area contributed by atoms with Crippen molar-refractivity contribution in [2.45, 2.75) is 18.8 Å². The minimum absolute atomic E-state index is 0. The fraction of sp³-hybridized carbons (Fsp3) is 0.533. The first-order valence-electron chi connectivity index (χ1n) is 7.11. The van der Waals surface area contributed by atoms with Crippen molar-refractivity contribution < 1.29 is 13.6 Å². The van der Waals surface area contributed by atoms with E-state index in [1.54, 1.807) is 6.07 Å². The topological polar surface area (TPSA) is 32.3 Å². The zero-order chi connectivity index (χ0) is 14.1. The molecule has 0 spiro atoms. The zero-order valence-electron chi connectivity index (χ0n) is 11.6. The van der Waals surface area contributed by atoms with Crippen LogP contribution in [0.4, 0.5) is 8.78 Å².